The number of carbonyl (C=O) groups is 2. The van der Waals surface area contributed by atoms with Gasteiger partial charge in [-0.05, 0) is 18.2 Å². The van der Waals surface area contributed by atoms with Gasteiger partial charge in [0.05, 0.1) is 12.7 Å². The molecule has 0 unspecified atom stereocenters. The van der Waals surface area contributed by atoms with Crippen LogP contribution >= 0.6 is 0 Å². The number of nitrogen functional groups attached to an aromatic ring is 1. The maximum Gasteiger partial charge on any atom is 0.325 e. The molecule has 0 bridgehead atoms. The summed E-state index contributed by atoms with van der Waals surface area (Å²) in [5.74, 6) is -1.66. The summed E-state index contributed by atoms with van der Waals surface area (Å²) in [7, 11) is 2.63. The van der Waals surface area contributed by atoms with Gasteiger partial charge in [0.25, 0.3) is 5.91 Å². The Labute approximate surface area is 98.0 Å². The normalized spacial score (nSPS) is 9.82. The van der Waals surface area contributed by atoms with Gasteiger partial charge in [0, 0.05) is 12.7 Å². The summed E-state index contributed by atoms with van der Waals surface area (Å²) in [5.41, 5.74) is 5.75. The maximum absolute atomic E-state index is 13.0. The van der Waals surface area contributed by atoms with Crippen LogP contribution in [0, 0.1) is 5.82 Å². The molecule has 0 heterocycles. The number of rotatable bonds is 3. The Hall–Kier alpha value is -2.11. The van der Waals surface area contributed by atoms with Gasteiger partial charge >= 0.3 is 5.97 Å². The molecule has 2 N–H and O–H groups in total. The van der Waals surface area contributed by atoms with E-state index in [0.29, 0.717) is 0 Å². The van der Waals surface area contributed by atoms with Crippen LogP contribution in [0.1, 0.15) is 10.4 Å². The second-order valence-electron chi connectivity index (χ2n) is 3.47. The quantitative estimate of drug-likeness (QED) is 0.622. The number of hydrogen-bond donors (Lipinski definition) is 1. The molecule has 1 rings (SSSR count). The number of anilines is 1. The first-order valence-electron chi connectivity index (χ1n) is 4.83. The smallest absolute Gasteiger partial charge is 0.325 e. The van der Waals surface area contributed by atoms with Crippen LogP contribution in [0.2, 0.25) is 0 Å². The second kappa shape index (κ2) is 5.29. The van der Waals surface area contributed by atoms with Crippen LogP contribution < -0.4 is 5.73 Å². The van der Waals surface area contributed by atoms with E-state index >= 15 is 0 Å². The van der Waals surface area contributed by atoms with Crippen LogP contribution in [-0.4, -0.2) is 37.5 Å². The van der Waals surface area contributed by atoms with Gasteiger partial charge in [-0.2, -0.15) is 0 Å². The molecule has 5 nitrogen and oxygen atoms in total. The molecule has 0 aliphatic heterocycles. The van der Waals surface area contributed by atoms with Crippen LogP contribution in [0.5, 0.6) is 0 Å². The minimum absolute atomic E-state index is 0.0244. The van der Waals surface area contributed by atoms with E-state index in [1.807, 2.05) is 0 Å². The van der Waals surface area contributed by atoms with Crippen molar-refractivity contribution < 1.29 is 18.7 Å². The highest BCUT2D eigenvalue weighted by molar-refractivity contribution is 6.00. The summed E-state index contributed by atoms with van der Waals surface area (Å²) in [6.07, 6.45) is 0. The van der Waals surface area contributed by atoms with Crippen LogP contribution in [0.15, 0.2) is 18.2 Å². The van der Waals surface area contributed by atoms with Crippen molar-refractivity contribution in [1.82, 2.24) is 4.90 Å². The standard InChI is InChI=1S/C11H13FN2O3/c1-14(6-10(15)17-2)11(16)8-5-7(12)3-4-9(8)13/h3-5H,6,13H2,1-2H3. The highest BCUT2D eigenvalue weighted by Crippen LogP contribution is 2.15. The number of benzene rings is 1. The highest BCUT2D eigenvalue weighted by atomic mass is 19.1. The zero-order valence-electron chi connectivity index (χ0n) is 9.57. The van der Waals surface area contributed by atoms with Crippen molar-refractivity contribution in [1.29, 1.82) is 0 Å². The van der Waals surface area contributed by atoms with Gasteiger partial charge in [-0.3, -0.25) is 9.59 Å². The number of amides is 1. The number of methoxy groups -OCH3 is 1. The number of nitrogens with two attached hydrogens (primary N) is 1. The molecular formula is C11H13FN2O3. The minimum Gasteiger partial charge on any atom is -0.468 e. The third-order valence-electron chi connectivity index (χ3n) is 2.19. The summed E-state index contributed by atoms with van der Waals surface area (Å²) < 4.78 is 17.4. The molecule has 92 valence electrons. The monoisotopic (exact) mass is 240 g/mol. The zero-order chi connectivity index (χ0) is 13.0. The number of halogens is 1. The molecule has 0 saturated carbocycles. The van der Waals surface area contributed by atoms with Crippen LogP contribution in [0.25, 0.3) is 0 Å². The van der Waals surface area contributed by atoms with Crippen LogP contribution in [-0.2, 0) is 9.53 Å². The summed E-state index contributed by atoms with van der Waals surface area (Å²) in [4.78, 5) is 23.9. The van der Waals surface area contributed by atoms with Crippen molar-refractivity contribution in [2.24, 2.45) is 0 Å². The second-order valence-corrected chi connectivity index (χ2v) is 3.47. The lowest BCUT2D eigenvalue weighted by Gasteiger charge is -2.16. The topological polar surface area (TPSA) is 72.6 Å². The van der Waals surface area contributed by atoms with E-state index in [4.69, 9.17) is 5.73 Å². The van der Waals surface area contributed by atoms with Gasteiger partial charge in [0.1, 0.15) is 12.4 Å². The number of ether oxygens (including phenoxy) is 1. The molecule has 1 amide bonds. The summed E-state index contributed by atoms with van der Waals surface area (Å²) >= 11 is 0. The van der Waals surface area contributed by atoms with E-state index in [-0.39, 0.29) is 17.8 Å². The van der Waals surface area contributed by atoms with Crippen molar-refractivity contribution in [2.75, 3.05) is 26.4 Å². The average Bonchev–Trinajstić information content (AvgIpc) is 2.31. The molecule has 6 heteroatoms. The van der Waals surface area contributed by atoms with Crippen molar-refractivity contribution >= 4 is 17.6 Å². The molecule has 1 aromatic rings. The first-order valence-corrected chi connectivity index (χ1v) is 4.83. The Bertz CT molecular complexity index is 448. The SMILES string of the molecule is COC(=O)CN(C)C(=O)c1cc(F)ccc1N. The van der Waals surface area contributed by atoms with Crippen LogP contribution in [0.3, 0.4) is 0 Å². The fraction of sp³-hybridized carbons (Fsp3) is 0.273. The van der Waals surface area contributed by atoms with Gasteiger partial charge in [0.15, 0.2) is 0 Å². The lowest BCUT2D eigenvalue weighted by molar-refractivity contribution is -0.141. The van der Waals surface area contributed by atoms with Crippen molar-refractivity contribution in [3.05, 3.63) is 29.6 Å². The Kier molecular flexibility index (Phi) is 4.03. The fourth-order valence-electron chi connectivity index (χ4n) is 1.25. The van der Waals surface area contributed by atoms with E-state index < -0.39 is 17.7 Å². The Morgan fingerprint density at radius 2 is 2.12 bits per heavy atom. The van der Waals surface area contributed by atoms with Gasteiger partial charge in [-0.15, -0.1) is 0 Å². The summed E-state index contributed by atoms with van der Waals surface area (Å²) in [5, 5.41) is 0. The highest BCUT2D eigenvalue weighted by Gasteiger charge is 2.17. The Balaban J connectivity index is 2.88. The molecule has 1 aromatic carbocycles. The molecule has 0 radical (unpaired) electrons. The third-order valence-corrected chi connectivity index (χ3v) is 2.19. The molecule has 17 heavy (non-hydrogen) atoms. The fourth-order valence-corrected chi connectivity index (χ4v) is 1.25. The van der Waals surface area contributed by atoms with Gasteiger partial charge < -0.3 is 15.4 Å². The Morgan fingerprint density at radius 1 is 1.47 bits per heavy atom. The number of esters is 1. The number of nitrogens with zero attached hydrogens (tertiary/aromatic N) is 1. The van der Waals surface area contributed by atoms with E-state index in [9.17, 15) is 14.0 Å². The maximum atomic E-state index is 13.0. The van der Waals surface area contributed by atoms with Gasteiger partial charge in [-0.25, -0.2) is 4.39 Å². The zero-order valence-corrected chi connectivity index (χ0v) is 9.57. The van der Waals surface area contributed by atoms with Crippen LogP contribution in [0.4, 0.5) is 10.1 Å². The molecule has 0 aliphatic rings. The lowest BCUT2D eigenvalue weighted by Crippen LogP contribution is -2.33. The van der Waals surface area contributed by atoms with Crippen molar-refractivity contribution in [3.8, 4) is 0 Å². The molecule has 0 saturated heterocycles. The van der Waals surface area contributed by atoms with Crippen molar-refractivity contribution in [2.45, 2.75) is 0 Å². The summed E-state index contributed by atoms with van der Waals surface area (Å²) in [6, 6.07) is 3.49. The molecule has 0 aromatic heterocycles. The average molecular weight is 240 g/mol. The van der Waals surface area contributed by atoms with E-state index in [0.717, 1.165) is 17.0 Å². The lowest BCUT2D eigenvalue weighted by atomic mass is 10.1. The van der Waals surface area contributed by atoms with E-state index in [2.05, 4.69) is 4.74 Å². The third kappa shape index (κ3) is 3.17. The van der Waals surface area contributed by atoms with Crippen molar-refractivity contribution in [3.63, 3.8) is 0 Å². The molecule has 0 aliphatic carbocycles. The van der Waals surface area contributed by atoms with Gasteiger partial charge in [-0.1, -0.05) is 0 Å². The largest absolute Gasteiger partial charge is 0.468 e. The molecule has 0 fully saturated rings. The minimum atomic E-state index is -0.561. The van der Waals surface area contributed by atoms with Gasteiger partial charge in [0.2, 0.25) is 0 Å². The van der Waals surface area contributed by atoms with E-state index in [1.54, 1.807) is 0 Å². The molecule has 0 spiro atoms. The Morgan fingerprint density at radius 3 is 2.71 bits per heavy atom. The number of hydrogen-bond acceptors (Lipinski definition) is 4. The number of carbonyl (C=O) groups excluding carboxylic acids is 2. The first kappa shape index (κ1) is 13.0. The predicted octanol–water partition coefficient (Wildman–Crippen LogP) is 0.653. The predicted molar refractivity (Wildman–Crippen MR) is 59.8 cm³/mol. The summed E-state index contributed by atoms with van der Waals surface area (Å²) in [6.45, 7) is -0.217. The number of likely N-dealkylation sites (N-methyl/N-ethyl adjacent to an activating group) is 1. The first-order chi connectivity index (χ1) is 7.95. The molecular weight excluding hydrogens is 227 g/mol. The van der Waals surface area contributed by atoms with E-state index in [1.165, 1.54) is 20.2 Å². The molecule has 0 atom stereocenters.